The van der Waals surface area contributed by atoms with Crippen molar-refractivity contribution in [2.75, 3.05) is 20.8 Å². The van der Waals surface area contributed by atoms with E-state index in [4.69, 9.17) is 42.1 Å². The number of alkyl halides is 3. The van der Waals surface area contributed by atoms with Crippen LogP contribution < -0.4 is 31.1 Å². The minimum absolute atomic E-state index is 0. The largest absolute Gasteiger partial charge is 3.00 e. The summed E-state index contributed by atoms with van der Waals surface area (Å²) in [4.78, 5) is 27.4. The van der Waals surface area contributed by atoms with Gasteiger partial charge in [-0.15, -0.1) is 167 Å². The van der Waals surface area contributed by atoms with Gasteiger partial charge in [0.15, 0.2) is 0 Å². The summed E-state index contributed by atoms with van der Waals surface area (Å²) in [6, 6.07) is 100. The van der Waals surface area contributed by atoms with Crippen molar-refractivity contribution in [3.05, 3.63) is 316 Å². The van der Waals surface area contributed by atoms with Crippen LogP contribution >= 0.6 is 0 Å². The molecule has 127 heavy (non-hydrogen) atoms. The molecule has 0 bridgehead atoms. The molecule has 669 valence electrons. The maximum Gasteiger partial charge on any atom is 3.00 e. The SMILES string of the molecule is CCO.CO.CO.C[Si](C)(C)c1ccc(-c2[c-]cc3oc4ccccc4c3c2)nc1.C[Si](C)(C)c1ccc(-c2[c-]cccc2)nc1.C[Si](C)(C)c1ccc(-c2[c-]cccc2)nc1.C[Si](C)(C)c1ccc(-c2[c-]cccc2)nc1.C[Si](C)(C)c1ccc(-c2[c-]cccc2)nc1.C[Si](C)(C)c1ccc(-c2ccc3oc4ccccc4c3c2)nc1.O=S(=O)(O)C(F)(F)F.[Ir+3].[Ir]. The molecular formula is C101H116F3Ir2N6O8SSi6-2. The Labute approximate surface area is 782 Å². The maximum absolute atomic E-state index is 10.7. The second-order valence-electron chi connectivity index (χ2n) is 35.0. The molecule has 0 atom stereocenters. The van der Waals surface area contributed by atoms with Gasteiger partial charge >= 0.3 is 35.7 Å². The van der Waals surface area contributed by atoms with Crippen LogP contribution in [0, 0.1) is 30.3 Å². The Morgan fingerprint density at radius 3 is 0.803 bits per heavy atom. The van der Waals surface area contributed by atoms with Gasteiger partial charge in [-0.25, -0.2) is 0 Å². The van der Waals surface area contributed by atoms with Gasteiger partial charge in [-0.05, 0) is 103 Å². The van der Waals surface area contributed by atoms with Crippen LogP contribution in [0.1, 0.15) is 6.92 Å². The predicted octanol–water partition coefficient (Wildman–Crippen LogP) is 22.2. The fraction of sp³-hybridized carbons (Fsp3) is 0.228. The second kappa shape index (κ2) is 49.3. The van der Waals surface area contributed by atoms with Crippen molar-refractivity contribution >= 4 is 134 Å². The summed E-state index contributed by atoms with van der Waals surface area (Å²) >= 11 is 0. The van der Waals surface area contributed by atoms with Crippen LogP contribution in [0.2, 0.25) is 118 Å². The molecule has 0 aliphatic rings. The molecule has 26 heteroatoms. The van der Waals surface area contributed by atoms with Crippen LogP contribution in [0.5, 0.6) is 0 Å². The first-order valence-electron chi connectivity index (χ1n) is 41.0. The van der Waals surface area contributed by atoms with Gasteiger partial charge in [-0.1, -0.05) is 226 Å². The molecule has 16 rings (SSSR count). The number of hydrogen-bond acceptors (Lipinski definition) is 13. The van der Waals surface area contributed by atoms with Crippen molar-refractivity contribution in [1.82, 2.24) is 29.9 Å². The van der Waals surface area contributed by atoms with Crippen LogP contribution in [0.3, 0.4) is 0 Å². The van der Waals surface area contributed by atoms with E-state index in [0.29, 0.717) is 0 Å². The van der Waals surface area contributed by atoms with E-state index in [9.17, 15) is 13.2 Å². The van der Waals surface area contributed by atoms with Crippen LogP contribution in [-0.4, -0.2) is 133 Å². The molecule has 8 aromatic heterocycles. The van der Waals surface area contributed by atoms with Crippen molar-refractivity contribution in [3.63, 3.8) is 0 Å². The Morgan fingerprint density at radius 2 is 0.559 bits per heavy atom. The Hall–Kier alpha value is -9.56. The molecule has 4 N–H and O–H groups in total. The summed E-state index contributed by atoms with van der Waals surface area (Å²) in [6.45, 7) is 43.9. The van der Waals surface area contributed by atoms with Gasteiger partial charge in [0, 0.05) is 99.8 Å². The van der Waals surface area contributed by atoms with Gasteiger partial charge in [0.25, 0.3) is 0 Å². The average Bonchev–Trinajstić information content (AvgIpc) is 1.66. The number of benzene rings is 8. The molecule has 16 aromatic rings. The number of aliphatic hydroxyl groups is 3. The van der Waals surface area contributed by atoms with Crippen molar-refractivity contribution in [2.24, 2.45) is 0 Å². The summed E-state index contributed by atoms with van der Waals surface area (Å²) < 4.78 is 69.3. The quantitative estimate of drug-likeness (QED) is 0.0387. The van der Waals surface area contributed by atoms with E-state index in [-0.39, 0.29) is 46.8 Å². The van der Waals surface area contributed by atoms with E-state index in [1.54, 1.807) is 6.92 Å². The summed E-state index contributed by atoms with van der Waals surface area (Å²) in [6.07, 6.45) is 12.1. The fourth-order valence-electron chi connectivity index (χ4n) is 11.9. The molecule has 8 heterocycles. The summed E-state index contributed by atoms with van der Waals surface area (Å²) in [5, 5.41) is 34.5. The number of para-hydroxylation sites is 2. The monoisotopic (exact) mass is 2180 g/mol. The summed E-state index contributed by atoms with van der Waals surface area (Å²) in [7, 11) is -11.4. The molecule has 0 aliphatic heterocycles. The third kappa shape index (κ3) is 32.9. The third-order valence-electron chi connectivity index (χ3n) is 19.3. The van der Waals surface area contributed by atoms with E-state index < -0.39 is 64.1 Å². The minimum atomic E-state index is -5.84. The standard InChI is InChI=1S/C20H19NOSi.C20H18NOSi.4C14H16NSi.C2H6O.CHF3O3S.2CH4O.2Ir/c2*1-23(2,3)15-9-10-18(21-13-15)14-8-11-20-17(12-14)16-6-4-5-7-19(16)22-20;4*1-16(2,3)13-9-10-14(15-11-13)12-7-5-4-6-8-12;1-2-3;2-1(3,4)8(5,6)7;2*1-2;;/h4-13H,1-3H3;4-7,9-13H,1-3H3;4*4-7,9-11H,1-3H3;3H,2H2,1H3;(H,5,6,7);2*2H,1H3;;/q;5*-1;;;;;;+3. The minimum Gasteiger partial charge on any atom is -0.500 e. The second-order valence-corrected chi connectivity index (χ2v) is 66.8. The third-order valence-corrected chi connectivity index (χ3v) is 32.0. The maximum atomic E-state index is 10.7. The number of pyridine rings is 6. The number of halogens is 3. The topological polar surface area (TPSA) is 219 Å². The summed E-state index contributed by atoms with van der Waals surface area (Å²) in [5.41, 5.74) is 10.5. The van der Waals surface area contributed by atoms with Crippen molar-refractivity contribution in [1.29, 1.82) is 0 Å². The molecule has 0 spiro atoms. The van der Waals surface area contributed by atoms with E-state index in [1.807, 2.05) is 183 Å². The molecule has 0 unspecified atom stereocenters. The van der Waals surface area contributed by atoms with Gasteiger partial charge in [-0.3, -0.25) is 9.54 Å². The molecule has 8 aromatic carbocycles. The number of nitrogens with zero attached hydrogens (tertiary/aromatic N) is 6. The first-order valence-corrected chi connectivity index (χ1v) is 63.4. The molecule has 0 saturated heterocycles. The number of fused-ring (bicyclic) bond motifs is 6. The number of aromatic nitrogens is 6. The predicted molar refractivity (Wildman–Crippen MR) is 531 cm³/mol. The smallest absolute Gasteiger partial charge is 0.500 e. The van der Waals surface area contributed by atoms with Gasteiger partial charge < -0.3 is 49.1 Å². The molecule has 0 fully saturated rings. The number of hydrogen-bond donors (Lipinski definition) is 4. The molecular weight excluding hydrogens is 2070 g/mol. The van der Waals surface area contributed by atoms with Gasteiger partial charge in [0.1, 0.15) is 16.7 Å². The number of rotatable bonds is 12. The van der Waals surface area contributed by atoms with E-state index >= 15 is 0 Å². The van der Waals surface area contributed by atoms with Gasteiger partial charge in [0.05, 0.1) is 59.7 Å². The Balaban J connectivity index is 0.000000263. The van der Waals surface area contributed by atoms with Crippen LogP contribution in [0.15, 0.2) is 295 Å². The molecule has 0 amide bonds. The summed E-state index contributed by atoms with van der Waals surface area (Å²) in [5.74, 6) is 0. The van der Waals surface area contributed by atoms with Crippen molar-refractivity contribution in [3.8, 4) is 67.5 Å². The van der Waals surface area contributed by atoms with Crippen LogP contribution in [0.25, 0.3) is 111 Å². The first-order chi connectivity index (χ1) is 59.0. The molecule has 14 nitrogen and oxygen atoms in total. The van der Waals surface area contributed by atoms with Crippen LogP contribution in [-0.2, 0) is 50.3 Å². The molecule has 0 aliphatic carbocycles. The normalized spacial score (nSPS) is 11.3. The number of furan rings is 2. The first kappa shape index (κ1) is 108. The van der Waals surface area contributed by atoms with Gasteiger partial charge in [0.2, 0.25) is 0 Å². The Kier molecular flexibility index (Phi) is 41.9. The molecule has 1 radical (unpaired) electrons. The van der Waals surface area contributed by atoms with Crippen molar-refractivity contribution < 1.29 is 90.5 Å². The van der Waals surface area contributed by atoms with Gasteiger partial charge in [-0.2, -0.15) is 21.6 Å². The molecule has 0 saturated carbocycles. The van der Waals surface area contributed by atoms with Crippen LogP contribution in [0.4, 0.5) is 13.2 Å². The average molecular weight is 2180 g/mol. The fourth-order valence-corrected chi connectivity index (χ4v) is 18.1. The van der Waals surface area contributed by atoms with E-state index in [0.717, 1.165) is 126 Å². The van der Waals surface area contributed by atoms with E-state index in [2.05, 4.69) is 276 Å². The zero-order chi connectivity index (χ0) is 92.1. The zero-order valence-electron chi connectivity index (χ0n) is 76.2. The Bertz CT molecular complexity index is 5530. The Morgan fingerprint density at radius 1 is 0.323 bits per heavy atom. The van der Waals surface area contributed by atoms with E-state index in [1.165, 1.54) is 31.1 Å². The zero-order valence-corrected chi connectivity index (χ0v) is 87.8. The van der Waals surface area contributed by atoms with Crippen molar-refractivity contribution in [2.45, 2.75) is 130 Å². The number of aliphatic hydroxyl groups excluding tert-OH is 3.